The summed E-state index contributed by atoms with van der Waals surface area (Å²) in [6, 6.07) is 6.94. The van der Waals surface area contributed by atoms with Crippen molar-refractivity contribution >= 4 is 17.5 Å². The molecule has 0 bridgehead atoms. The lowest BCUT2D eigenvalue weighted by atomic mass is 10.1. The third-order valence-corrected chi connectivity index (χ3v) is 3.43. The average molecular weight is 277 g/mol. The summed E-state index contributed by atoms with van der Waals surface area (Å²) < 4.78 is 0. The fraction of sp³-hybridized carbons (Fsp3) is 0.267. The molecule has 0 spiro atoms. The predicted octanol–water partition coefficient (Wildman–Crippen LogP) is 3.19. The highest BCUT2D eigenvalue weighted by Gasteiger charge is 2.19. The Kier molecular flexibility index (Phi) is 3.96. The van der Waals surface area contributed by atoms with Crippen LogP contribution in [0.2, 0.25) is 5.02 Å². The molecule has 0 aliphatic carbocycles. The van der Waals surface area contributed by atoms with Gasteiger partial charge in [-0.1, -0.05) is 17.7 Å². The summed E-state index contributed by atoms with van der Waals surface area (Å²) in [6.07, 6.45) is 3.98. The summed E-state index contributed by atoms with van der Waals surface area (Å²) in [7, 11) is 1.96. The van der Waals surface area contributed by atoms with Crippen molar-refractivity contribution in [1.82, 2.24) is 10.2 Å². The maximum Gasteiger partial charge on any atom is 0.253 e. The van der Waals surface area contributed by atoms with Gasteiger partial charge in [-0.15, -0.1) is 0 Å². The first-order chi connectivity index (χ1) is 8.97. The van der Waals surface area contributed by atoms with Crippen molar-refractivity contribution in [3.8, 4) is 0 Å². The summed E-state index contributed by atoms with van der Waals surface area (Å²) >= 11 is 5.90. The van der Waals surface area contributed by atoms with Gasteiger partial charge in [0, 0.05) is 23.3 Å². The van der Waals surface area contributed by atoms with Gasteiger partial charge in [0.1, 0.15) is 6.17 Å². The largest absolute Gasteiger partial charge is 0.355 e. The van der Waals surface area contributed by atoms with Crippen LogP contribution in [-0.4, -0.2) is 24.0 Å². The summed E-state index contributed by atoms with van der Waals surface area (Å²) in [5.74, 6) is -0.127. The van der Waals surface area contributed by atoms with E-state index < -0.39 is 0 Å². The van der Waals surface area contributed by atoms with Crippen LogP contribution in [0.25, 0.3) is 0 Å². The monoisotopic (exact) mass is 276 g/mol. The van der Waals surface area contributed by atoms with Crippen LogP contribution in [0.5, 0.6) is 0 Å². The number of nitrogens with one attached hydrogen (secondary N) is 1. The first-order valence-electron chi connectivity index (χ1n) is 6.13. The van der Waals surface area contributed by atoms with Crippen molar-refractivity contribution in [3.63, 3.8) is 0 Å². The normalized spacial score (nSPS) is 18.7. The van der Waals surface area contributed by atoms with Crippen molar-refractivity contribution in [2.75, 3.05) is 7.05 Å². The standard InChI is InChI=1S/C15H17ClN2O/c1-10-7-11(2)18(3)14(8-10)17-15(19)12-5-4-6-13(16)9-12/h4-9,14H,1-3H3,(H,17,19). The van der Waals surface area contributed by atoms with E-state index in [1.54, 1.807) is 24.3 Å². The van der Waals surface area contributed by atoms with Gasteiger partial charge >= 0.3 is 0 Å². The number of hydrogen-bond acceptors (Lipinski definition) is 2. The van der Waals surface area contributed by atoms with Gasteiger partial charge in [-0.25, -0.2) is 0 Å². The number of hydrogen-bond donors (Lipinski definition) is 1. The summed E-state index contributed by atoms with van der Waals surface area (Å²) in [4.78, 5) is 14.2. The van der Waals surface area contributed by atoms with Crippen LogP contribution in [0.4, 0.5) is 0 Å². The molecular weight excluding hydrogens is 260 g/mol. The van der Waals surface area contributed by atoms with E-state index >= 15 is 0 Å². The molecule has 0 fully saturated rings. The summed E-state index contributed by atoms with van der Waals surface area (Å²) in [5, 5.41) is 3.55. The maximum absolute atomic E-state index is 12.2. The molecule has 2 rings (SSSR count). The minimum atomic E-state index is -0.128. The molecule has 0 saturated heterocycles. The van der Waals surface area contributed by atoms with Crippen molar-refractivity contribution in [2.24, 2.45) is 0 Å². The molecule has 3 nitrogen and oxygen atoms in total. The molecule has 1 aromatic carbocycles. The zero-order valence-electron chi connectivity index (χ0n) is 11.3. The summed E-state index contributed by atoms with van der Waals surface area (Å²) in [5.41, 5.74) is 2.84. The quantitative estimate of drug-likeness (QED) is 0.900. The molecule has 19 heavy (non-hydrogen) atoms. The Morgan fingerprint density at radius 1 is 1.37 bits per heavy atom. The van der Waals surface area contributed by atoms with E-state index in [9.17, 15) is 4.79 Å². The van der Waals surface area contributed by atoms with E-state index in [0.29, 0.717) is 10.6 Å². The van der Waals surface area contributed by atoms with Gasteiger partial charge in [-0.05, 0) is 49.8 Å². The molecule has 1 aliphatic rings. The molecule has 1 aliphatic heterocycles. The van der Waals surface area contributed by atoms with Gasteiger partial charge in [0.05, 0.1) is 0 Å². The second-order valence-corrected chi connectivity index (χ2v) is 5.17. The average Bonchev–Trinajstić information content (AvgIpc) is 2.35. The van der Waals surface area contributed by atoms with Crippen LogP contribution < -0.4 is 5.32 Å². The van der Waals surface area contributed by atoms with E-state index in [4.69, 9.17) is 11.6 Å². The van der Waals surface area contributed by atoms with Gasteiger partial charge in [0.2, 0.25) is 0 Å². The third kappa shape index (κ3) is 3.18. The van der Waals surface area contributed by atoms with Crippen molar-refractivity contribution in [3.05, 3.63) is 58.3 Å². The van der Waals surface area contributed by atoms with Crippen LogP contribution in [-0.2, 0) is 0 Å². The van der Waals surface area contributed by atoms with Crippen molar-refractivity contribution in [1.29, 1.82) is 0 Å². The highest BCUT2D eigenvalue weighted by molar-refractivity contribution is 6.30. The van der Waals surface area contributed by atoms with Gasteiger partial charge in [-0.3, -0.25) is 4.79 Å². The summed E-state index contributed by atoms with van der Waals surface area (Å²) in [6.45, 7) is 4.05. The van der Waals surface area contributed by atoms with Crippen LogP contribution in [0.3, 0.4) is 0 Å². The Morgan fingerprint density at radius 3 is 2.79 bits per heavy atom. The predicted molar refractivity (Wildman–Crippen MR) is 78.0 cm³/mol. The SMILES string of the molecule is CC1=CC(NC(=O)c2cccc(Cl)c2)N(C)C(C)=C1. The lowest BCUT2D eigenvalue weighted by Crippen LogP contribution is -2.45. The first-order valence-corrected chi connectivity index (χ1v) is 6.51. The highest BCUT2D eigenvalue weighted by atomic mass is 35.5. The number of allylic oxidation sites excluding steroid dienone is 3. The Hall–Kier alpha value is -1.74. The zero-order valence-corrected chi connectivity index (χ0v) is 12.0. The Balaban J connectivity index is 2.14. The highest BCUT2D eigenvalue weighted by Crippen LogP contribution is 2.17. The fourth-order valence-electron chi connectivity index (χ4n) is 2.05. The van der Waals surface area contributed by atoms with Gasteiger partial charge in [0.15, 0.2) is 0 Å². The Bertz CT molecular complexity index is 563. The van der Waals surface area contributed by atoms with Crippen LogP contribution in [0, 0.1) is 0 Å². The number of halogens is 1. The van der Waals surface area contributed by atoms with Gasteiger partial charge in [0.25, 0.3) is 5.91 Å². The van der Waals surface area contributed by atoms with Crippen LogP contribution in [0.15, 0.2) is 47.7 Å². The van der Waals surface area contributed by atoms with E-state index in [1.165, 1.54) is 0 Å². The van der Waals surface area contributed by atoms with Crippen molar-refractivity contribution in [2.45, 2.75) is 20.0 Å². The van der Waals surface area contributed by atoms with Gasteiger partial charge < -0.3 is 10.2 Å². The fourth-order valence-corrected chi connectivity index (χ4v) is 2.24. The molecular formula is C15H17ClN2O. The smallest absolute Gasteiger partial charge is 0.253 e. The minimum Gasteiger partial charge on any atom is -0.355 e. The molecule has 1 heterocycles. The topological polar surface area (TPSA) is 32.3 Å². The van der Waals surface area contributed by atoms with E-state index in [1.807, 2.05) is 31.9 Å². The van der Waals surface area contributed by atoms with Crippen LogP contribution in [0.1, 0.15) is 24.2 Å². The molecule has 4 heteroatoms. The number of carbonyl (C=O) groups excluding carboxylic acids is 1. The van der Waals surface area contributed by atoms with Gasteiger partial charge in [-0.2, -0.15) is 0 Å². The van der Waals surface area contributed by atoms with E-state index in [2.05, 4.69) is 11.4 Å². The molecule has 1 aromatic rings. The maximum atomic E-state index is 12.2. The van der Waals surface area contributed by atoms with Crippen molar-refractivity contribution < 1.29 is 4.79 Å². The molecule has 1 N–H and O–H groups in total. The molecule has 1 unspecified atom stereocenters. The van der Waals surface area contributed by atoms with E-state index in [0.717, 1.165) is 11.3 Å². The second kappa shape index (κ2) is 5.49. The number of benzene rings is 1. The first kappa shape index (κ1) is 13.7. The number of carbonyl (C=O) groups is 1. The molecule has 1 amide bonds. The Morgan fingerprint density at radius 2 is 2.11 bits per heavy atom. The molecule has 0 aromatic heterocycles. The lowest BCUT2D eigenvalue weighted by molar-refractivity contribution is 0.0913. The number of likely N-dealkylation sites (N-methyl/N-ethyl adjacent to an activating group) is 1. The number of amides is 1. The van der Waals surface area contributed by atoms with Crippen LogP contribution >= 0.6 is 11.6 Å². The second-order valence-electron chi connectivity index (χ2n) is 4.74. The lowest BCUT2D eigenvalue weighted by Gasteiger charge is -2.32. The zero-order chi connectivity index (χ0) is 14.0. The molecule has 0 radical (unpaired) electrons. The molecule has 0 saturated carbocycles. The van der Waals surface area contributed by atoms with E-state index in [-0.39, 0.29) is 12.1 Å². The number of nitrogens with zero attached hydrogens (tertiary/aromatic N) is 1. The Labute approximate surface area is 118 Å². The minimum absolute atomic E-state index is 0.127. The molecule has 100 valence electrons. The third-order valence-electron chi connectivity index (χ3n) is 3.20. The number of rotatable bonds is 2. The molecule has 1 atom stereocenters.